The van der Waals surface area contributed by atoms with E-state index in [4.69, 9.17) is 0 Å². The maximum absolute atomic E-state index is 4.53. The zero-order valence-corrected chi connectivity index (χ0v) is 5.40. The van der Waals surface area contributed by atoms with Gasteiger partial charge in [0, 0.05) is 0 Å². The van der Waals surface area contributed by atoms with Gasteiger partial charge in [0.05, 0.1) is 6.61 Å². The molecule has 0 fully saturated rings. The van der Waals surface area contributed by atoms with Gasteiger partial charge < -0.3 is 4.84 Å². The molecule has 2 heteroatoms. The van der Waals surface area contributed by atoms with Gasteiger partial charge in [0.25, 0.3) is 0 Å². The highest BCUT2D eigenvalue weighted by Crippen LogP contribution is 1.56. The van der Waals surface area contributed by atoms with Gasteiger partial charge >= 0.3 is 0 Å². The third-order valence-electron chi connectivity index (χ3n) is 0.167. The van der Waals surface area contributed by atoms with Gasteiger partial charge in [-0.15, -0.1) is 0 Å². The van der Waals surface area contributed by atoms with E-state index in [1.165, 1.54) is 6.42 Å². The van der Waals surface area contributed by atoms with Gasteiger partial charge in [0.1, 0.15) is 0 Å². The maximum atomic E-state index is 4.53. The molecule has 2 N–H and O–H groups in total. The molecule has 0 saturated carbocycles. The summed E-state index contributed by atoms with van der Waals surface area (Å²) in [6, 6.07) is 0. The molecule has 0 aromatic carbocycles. The van der Waals surface area contributed by atoms with Crippen molar-refractivity contribution in [1.29, 1.82) is 0 Å². The Balaban J connectivity index is 0. The highest BCUT2D eigenvalue weighted by molar-refractivity contribution is 3.92. The standard InChI is InChI=1S/C3H8.C2H7NO/c1-3-2;1-2-4-3/h3H2,1-2H3;2-3H2,1H3. The van der Waals surface area contributed by atoms with Gasteiger partial charge in [-0.25, -0.2) is 5.90 Å². The highest BCUT2D eigenvalue weighted by Gasteiger charge is 1.52. The molecule has 0 amide bonds. The van der Waals surface area contributed by atoms with Gasteiger partial charge in [-0.3, -0.25) is 0 Å². The molecule has 2 nitrogen and oxygen atoms in total. The summed E-state index contributed by atoms with van der Waals surface area (Å²) in [5.41, 5.74) is 0. The lowest BCUT2D eigenvalue weighted by Crippen LogP contribution is -1.94. The van der Waals surface area contributed by atoms with Crippen molar-refractivity contribution in [1.82, 2.24) is 0 Å². The Morgan fingerprint density at radius 3 is 1.43 bits per heavy atom. The topological polar surface area (TPSA) is 35.2 Å². The molecule has 0 heterocycles. The average Bonchev–Trinajstić information content (AvgIpc) is 1.69. The highest BCUT2D eigenvalue weighted by atomic mass is 16.6. The van der Waals surface area contributed by atoms with Crippen LogP contribution in [0.5, 0.6) is 0 Å². The molecule has 0 aliphatic heterocycles. The lowest BCUT2D eigenvalue weighted by molar-refractivity contribution is 0.152. The Hall–Kier alpha value is -0.0800. The van der Waals surface area contributed by atoms with Crippen LogP contribution >= 0.6 is 0 Å². The van der Waals surface area contributed by atoms with E-state index >= 15 is 0 Å². The smallest absolute Gasteiger partial charge is 0.0651 e. The summed E-state index contributed by atoms with van der Waals surface area (Å²) < 4.78 is 0. The Labute approximate surface area is 45.6 Å². The van der Waals surface area contributed by atoms with Gasteiger partial charge in [-0.2, -0.15) is 0 Å². The molecule has 0 radical (unpaired) electrons. The monoisotopic (exact) mass is 105 g/mol. The normalized spacial score (nSPS) is 6.86. The molecule has 0 saturated heterocycles. The van der Waals surface area contributed by atoms with Gasteiger partial charge in [0.2, 0.25) is 0 Å². The summed E-state index contributed by atoms with van der Waals surface area (Å²) in [5.74, 6) is 4.53. The first-order chi connectivity index (χ1) is 3.33. The van der Waals surface area contributed by atoms with Crippen LogP contribution in [0.1, 0.15) is 27.2 Å². The average molecular weight is 105 g/mol. The van der Waals surface area contributed by atoms with E-state index in [0.29, 0.717) is 6.61 Å². The molecule has 46 valence electrons. The lowest BCUT2D eigenvalue weighted by Gasteiger charge is -1.76. The summed E-state index contributed by atoms with van der Waals surface area (Å²) in [6.07, 6.45) is 1.25. The van der Waals surface area contributed by atoms with E-state index in [1.807, 2.05) is 6.92 Å². The summed E-state index contributed by atoms with van der Waals surface area (Å²) in [4.78, 5) is 4.04. The van der Waals surface area contributed by atoms with Crippen LogP contribution in [0.4, 0.5) is 0 Å². The molecule has 0 unspecified atom stereocenters. The zero-order valence-electron chi connectivity index (χ0n) is 5.40. The largest absolute Gasteiger partial charge is 0.305 e. The van der Waals surface area contributed by atoms with E-state index in [-0.39, 0.29) is 0 Å². The molecule has 0 spiro atoms. The fraction of sp³-hybridized carbons (Fsp3) is 1.00. The number of rotatable bonds is 1. The van der Waals surface area contributed by atoms with Gasteiger partial charge in [0.15, 0.2) is 0 Å². The van der Waals surface area contributed by atoms with Crippen molar-refractivity contribution in [2.24, 2.45) is 5.90 Å². The number of hydrogen-bond donors (Lipinski definition) is 1. The Bertz CT molecular complexity index is 15.6. The first-order valence-corrected chi connectivity index (χ1v) is 2.65. The molecule has 7 heavy (non-hydrogen) atoms. The number of nitrogens with two attached hydrogens (primary N) is 1. The maximum Gasteiger partial charge on any atom is 0.0651 e. The predicted molar refractivity (Wildman–Crippen MR) is 31.8 cm³/mol. The quantitative estimate of drug-likeness (QED) is 0.510. The second kappa shape index (κ2) is 16.8. The minimum atomic E-state index is 0.597. The molecular weight excluding hydrogens is 90.1 g/mol. The lowest BCUT2D eigenvalue weighted by atomic mass is 10.6. The molecule has 0 aliphatic carbocycles. The third kappa shape index (κ3) is 107. The van der Waals surface area contributed by atoms with Gasteiger partial charge in [-0.1, -0.05) is 20.3 Å². The van der Waals surface area contributed by atoms with Crippen molar-refractivity contribution in [2.45, 2.75) is 27.2 Å². The molecule has 0 atom stereocenters. The predicted octanol–water partition coefficient (Wildman–Crippen LogP) is 1.31. The van der Waals surface area contributed by atoms with Crippen molar-refractivity contribution in [3.63, 3.8) is 0 Å². The minimum Gasteiger partial charge on any atom is -0.305 e. The van der Waals surface area contributed by atoms with Crippen LogP contribution < -0.4 is 5.90 Å². The van der Waals surface area contributed by atoms with Crippen LogP contribution in [0.25, 0.3) is 0 Å². The van der Waals surface area contributed by atoms with E-state index in [9.17, 15) is 0 Å². The van der Waals surface area contributed by atoms with Crippen LogP contribution in [-0.2, 0) is 4.84 Å². The van der Waals surface area contributed by atoms with E-state index < -0.39 is 0 Å². The third-order valence-corrected chi connectivity index (χ3v) is 0.167. The fourth-order valence-electron chi connectivity index (χ4n) is 0. The second-order valence-electron chi connectivity index (χ2n) is 1.16. The fourth-order valence-corrected chi connectivity index (χ4v) is 0. The van der Waals surface area contributed by atoms with E-state index in [2.05, 4.69) is 24.6 Å². The molecule has 0 rings (SSSR count). The molecule has 0 aromatic rings. The molecule has 0 aromatic heterocycles. The van der Waals surface area contributed by atoms with Crippen molar-refractivity contribution in [3.8, 4) is 0 Å². The Morgan fingerprint density at radius 2 is 1.43 bits per heavy atom. The van der Waals surface area contributed by atoms with Crippen molar-refractivity contribution >= 4 is 0 Å². The second-order valence-corrected chi connectivity index (χ2v) is 1.16. The summed E-state index contributed by atoms with van der Waals surface area (Å²) in [5, 5.41) is 0. The Morgan fingerprint density at radius 1 is 1.29 bits per heavy atom. The minimum absolute atomic E-state index is 0.597. The van der Waals surface area contributed by atoms with E-state index in [0.717, 1.165) is 0 Å². The molecular formula is C5H15NO. The first kappa shape index (κ1) is 10.0. The summed E-state index contributed by atoms with van der Waals surface area (Å²) in [6.45, 7) is 6.68. The molecule has 0 aliphatic rings. The van der Waals surface area contributed by atoms with E-state index in [1.54, 1.807) is 0 Å². The van der Waals surface area contributed by atoms with Crippen LogP contribution in [0, 0.1) is 0 Å². The summed E-state index contributed by atoms with van der Waals surface area (Å²) in [7, 11) is 0. The van der Waals surface area contributed by atoms with Crippen molar-refractivity contribution in [3.05, 3.63) is 0 Å². The first-order valence-electron chi connectivity index (χ1n) is 2.65. The molecule has 0 bridgehead atoms. The summed E-state index contributed by atoms with van der Waals surface area (Å²) >= 11 is 0. The SMILES string of the molecule is CCC.CCON. The van der Waals surface area contributed by atoms with Crippen LogP contribution in [0.15, 0.2) is 0 Å². The van der Waals surface area contributed by atoms with Crippen molar-refractivity contribution in [2.75, 3.05) is 6.61 Å². The number of hydrogen-bond acceptors (Lipinski definition) is 2. The van der Waals surface area contributed by atoms with Crippen LogP contribution in [0.3, 0.4) is 0 Å². The van der Waals surface area contributed by atoms with Crippen LogP contribution in [-0.4, -0.2) is 6.61 Å². The zero-order chi connectivity index (χ0) is 6.12. The van der Waals surface area contributed by atoms with Crippen LogP contribution in [0.2, 0.25) is 0 Å². The Kier molecular flexibility index (Phi) is 24.1. The van der Waals surface area contributed by atoms with Gasteiger partial charge in [-0.05, 0) is 6.92 Å². The van der Waals surface area contributed by atoms with Crippen molar-refractivity contribution < 1.29 is 4.84 Å².